The van der Waals surface area contributed by atoms with Crippen molar-refractivity contribution >= 4 is 5.69 Å². The number of hydrogen-bond donors (Lipinski definition) is 3. The predicted molar refractivity (Wildman–Crippen MR) is 36.5 cm³/mol. The van der Waals surface area contributed by atoms with Gasteiger partial charge in [-0.05, 0) is 0 Å². The van der Waals surface area contributed by atoms with Crippen LogP contribution in [0.4, 0.5) is 5.69 Å². The SMILES string of the molecule is COCc1[nH][nH]c(=O)c1N. The molecule has 0 unspecified atom stereocenters. The van der Waals surface area contributed by atoms with E-state index in [-0.39, 0.29) is 11.2 Å². The molecule has 5 heteroatoms. The van der Waals surface area contributed by atoms with Crippen molar-refractivity contribution in [2.75, 3.05) is 12.8 Å². The lowest BCUT2D eigenvalue weighted by atomic mass is 10.4. The maximum atomic E-state index is 10.6. The molecule has 0 bridgehead atoms. The van der Waals surface area contributed by atoms with Gasteiger partial charge in [-0.2, -0.15) is 0 Å². The van der Waals surface area contributed by atoms with E-state index in [1.165, 1.54) is 7.11 Å². The van der Waals surface area contributed by atoms with Gasteiger partial charge in [-0.1, -0.05) is 0 Å². The molecule has 1 aromatic heterocycles. The van der Waals surface area contributed by atoms with E-state index in [0.29, 0.717) is 12.3 Å². The van der Waals surface area contributed by atoms with Gasteiger partial charge in [0.1, 0.15) is 5.69 Å². The number of methoxy groups -OCH3 is 1. The number of H-pyrrole nitrogens is 2. The average molecular weight is 143 g/mol. The van der Waals surface area contributed by atoms with Gasteiger partial charge >= 0.3 is 0 Å². The summed E-state index contributed by atoms with van der Waals surface area (Å²) >= 11 is 0. The summed E-state index contributed by atoms with van der Waals surface area (Å²) in [4.78, 5) is 10.6. The highest BCUT2D eigenvalue weighted by atomic mass is 16.5. The Labute approximate surface area is 57.2 Å². The van der Waals surface area contributed by atoms with Crippen molar-refractivity contribution in [1.82, 2.24) is 10.2 Å². The summed E-state index contributed by atoms with van der Waals surface area (Å²) < 4.78 is 4.75. The fourth-order valence-corrected chi connectivity index (χ4v) is 0.662. The van der Waals surface area contributed by atoms with Crippen molar-refractivity contribution in [1.29, 1.82) is 0 Å². The van der Waals surface area contributed by atoms with Crippen LogP contribution in [0.2, 0.25) is 0 Å². The zero-order chi connectivity index (χ0) is 7.56. The van der Waals surface area contributed by atoms with Crippen molar-refractivity contribution < 1.29 is 4.74 Å². The van der Waals surface area contributed by atoms with Crippen LogP contribution in [0, 0.1) is 0 Å². The normalized spacial score (nSPS) is 10.1. The summed E-state index contributed by atoms with van der Waals surface area (Å²) in [7, 11) is 1.53. The molecule has 0 atom stereocenters. The molecule has 1 aromatic rings. The van der Waals surface area contributed by atoms with Gasteiger partial charge in [-0.15, -0.1) is 0 Å². The Morgan fingerprint density at radius 1 is 1.60 bits per heavy atom. The van der Waals surface area contributed by atoms with Gasteiger partial charge in [0.25, 0.3) is 5.56 Å². The van der Waals surface area contributed by atoms with Crippen molar-refractivity contribution in [2.45, 2.75) is 6.61 Å². The average Bonchev–Trinajstić information content (AvgIpc) is 2.20. The number of nitrogens with two attached hydrogens (primary N) is 1. The third kappa shape index (κ3) is 1.03. The van der Waals surface area contributed by atoms with Gasteiger partial charge in [-0.25, -0.2) is 0 Å². The second-order valence-corrected chi connectivity index (χ2v) is 1.90. The zero-order valence-corrected chi connectivity index (χ0v) is 5.60. The van der Waals surface area contributed by atoms with Gasteiger partial charge in [0, 0.05) is 7.11 Å². The van der Waals surface area contributed by atoms with Crippen molar-refractivity contribution in [3.05, 3.63) is 16.0 Å². The second-order valence-electron chi connectivity index (χ2n) is 1.90. The number of aromatic amines is 2. The molecule has 0 amide bonds. The molecular weight excluding hydrogens is 134 g/mol. The maximum Gasteiger partial charge on any atom is 0.287 e. The topological polar surface area (TPSA) is 83.9 Å². The molecule has 0 saturated carbocycles. The number of hydrogen-bond acceptors (Lipinski definition) is 3. The molecule has 4 N–H and O–H groups in total. The van der Waals surface area contributed by atoms with E-state index in [1.807, 2.05) is 0 Å². The number of aromatic nitrogens is 2. The fourth-order valence-electron chi connectivity index (χ4n) is 0.662. The summed E-state index contributed by atoms with van der Waals surface area (Å²) in [6.45, 7) is 0.324. The van der Waals surface area contributed by atoms with E-state index >= 15 is 0 Å². The summed E-state index contributed by atoms with van der Waals surface area (Å²) in [5.74, 6) is 0. The van der Waals surface area contributed by atoms with Gasteiger partial charge in [0.15, 0.2) is 0 Å². The monoisotopic (exact) mass is 143 g/mol. The molecule has 10 heavy (non-hydrogen) atoms. The minimum absolute atomic E-state index is 0.196. The second kappa shape index (κ2) is 2.57. The molecule has 0 aromatic carbocycles. The smallest absolute Gasteiger partial charge is 0.287 e. The van der Waals surface area contributed by atoms with Crippen LogP contribution in [-0.2, 0) is 11.3 Å². The Hall–Kier alpha value is -1.23. The number of nitrogen functional groups attached to an aromatic ring is 1. The predicted octanol–water partition coefficient (Wildman–Crippen LogP) is -0.568. The van der Waals surface area contributed by atoms with E-state index in [9.17, 15) is 4.79 Å². The van der Waals surface area contributed by atoms with Crippen LogP contribution in [0.3, 0.4) is 0 Å². The van der Waals surface area contributed by atoms with Crippen molar-refractivity contribution in [3.63, 3.8) is 0 Å². The van der Waals surface area contributed by atoms with Gasteiger partial charge in [0.05, 0.1) is 12.3 Å². The molecule has 0 saturated heterocycles. The summed E-state index contributed by atoms with van der Waals surface area (Å²) in [6, 6.07) is 0. The minimum atomic E-state index is -0.299. The fraction of sp³-hybridized carbons (Fsp3) is 0.400. The van der Waals surface area contributed by atoms with E-state index < -0.39 is 0 Å². The highest BCUT2D eigenvalue weighted by molar-refractivity contribution is 5.39. The number of nitrogens with one attached hydrogen (secondary N) is 2. The molecular formula is C5H9N3O2. The largest absolute Gasteiger partial charge is 0.393 e. The first-order valence-electron chi connectivity index (χ1n) is 2.79. The molecule has 0 fully saturated rings. The molecule has 0 aliphatic carbocycles. The third-order valence-electron chi connectivity index (χ3n) is 1.19. The van der Waals surface area contributed by atoms with Crippen LogP contribution in [0.1, 0.15) is 5.69 Å². The van der Waals surface area contributed by atoms with Crippen LogP contribution in [-0.4, -0.2) is 17.3 Å². The third-order valence-corrected chi connectivity index (χ3v) is 1.19. The van der Waals surface area contributed by atoms with Crippen LogP contribution in [0.25, 0.3) is 0 Å². The Morgan fingerprint density at radius 3 is 2.70 bits per heavy atom. The first kappa shape index (κ1) is 6.88. The lowest BCUT2D eigenvalue weighted by Gasteiger charge is -1.93. The number of anilines is 1. The summed E-state index contributed by atoms with van der Waals surface area (Å²) in [5.41, 5.74) is 5.82. The molecule has 0 aliphatic rings. The lowest BCUT2D eigenvalue weighted by Crippen LogP contribution is -2.05. The van der Waals surface area contributed by atoms with Gasteiger partial charge in [0.2, 0.25) is 0 Å². The van der Waals surface area contributed by atoms with Crippen LogP contribution >= 0.6 is 0 Å². The highest BCUT2D eigenvalue weighted by Crippen LogP contribution is 2.00. The van der Waals surface area contributed by atoms with E-state index in [2.05, 4.69) is 10.2 Å². The first-order chi connectivity index (χ1) is 4.75. The van der Waals surface area contributed by atoms with E-state index in [0.717, 1.165) is 0 Å². The molecule has 5 nitrogen and oxygen atoms in total. The lowest BCUT2D eigenvalue weighted by molar-refractivity contribution is 0.182. The molecule has 0 aliphatic heterocycles. The maximum absolute atomic E-state index is 10.6. The molecule has 0 spiro atoms. The molecule has 1 rings (SSSR count). The summed E-state index contributed by atoms with van der Waals surface area (Å²) in [6.07, 6.45) is 0. The Morgan fingerprint density at radius 2 is 2.30 bits per heavy atom. The number of ether oxygens (including phenoxy) is 1. The van der Waals surface area contributed by atoms with E-state index in [1.54, 1.807) is 0 Å². The Kier molecular flexibility index (Phi) is 1.77. The highest BCUT2D eigenvalue weighted by Gasteiger charge is 2.02. The van der Waals surface area contributed by atoms with Gasteiger partial charge < -0.3 is 10.5 Å². The first-order valence-corrected chi connectivity index (χ1v) is 2.79. The van der Waals surface area contributed by atoms with Crippen molar-refractivity contribution in [3.8, 4) is 0 Å². The standard InChI is InChI=1S/C5H9N3O2/c1-10-2-3-4(6)5(9)8-7-3/h2,6H2,1H3,(H2,7,8,9). The number of rotatable bonds is 2. The minimum Gasteiger partial charge on any atom is -0.393 e. The van der Waals surface area contributed by atoms with E-state index in [4.69, 9.17) is 10.5 Å². The van der Waals surface area contributed by atoms with Crippen LogP contribution in [0.5, 0.6) is 0 Å². The summed E-state index contributed by atoms with van der Waals surface area (Å²) in [5, 5.41) is 4.92. The Balaban J connectivity index is 2.94. The molecule has 1 heterocycles. The Bertz CT molecular complexity index is 262. The van der Waals surface area contributed by atoms with Gasteiger partial charge in [-0.3, -0.25) is 15.0 Å². The zero-order valence-electron chi connectivity index (χ0n) is 5.60. The molecule has 56 valence electrons. The molecule has 0 radical (unpaired) electrons. The van der Waals surface area contributed by atoms with Crippen LogP contribution in [0.15, 0.2) is 4.79 Å². The quantitative estimate of drug-likeness (QED) is 0.518. The van der Waals surface area contributed by atoms with Crippen molar-refractivity contribution in [2.24, 2.45) is 0 Å². The van der Waals surface area contributed by atoms with Crippen LogP contribution < -0.4 is 11.3 Å².